The summed E-state index contributed by atoms with van der Waals surface area (Å²) in [5, 5.41) is 56.2. The molecule has 2 heterocycles. The zero-order chi connectivity index (χ0) is 40.0. The summed E-state index contributed by atoms with van der Waals surface area (Å²) in [7, 11) is 0. The van der Waals surface area contributed by atoms with Crippen LogP contribution in [0.2, 0.25) is 0 Å². The van der Waals surface area contributed by atoms with Gasteiger partial charge in [-0.25, -0.2) is 4.63 Å². The predicted octanol–water partition coefficient (Wildman–Crippen LogP) is 10.6. The third kappa shape index (κ3) is 5.76. The first-order chi connectivity index (χ1) is 29.0. The third-order valence-electron chi connectivity index (χ3n) is 10.8. The van der Waals surface area contributed by atoms with Crippen molar-refractivity contribution < 1.29 is 15.0 Å². The van der Waals surface area contributed by atoms with Crippen LogP contribution in [0.4, 0.5) is 5.69 Å². The lowest BCUT2D eigenvalue weighted by Crippen LogP contribution is -2.37. The van der Waals surface area contributed by atoms with E-state index >= 15 is 0 Å². The molecule has 0 radical (unpaired) electrons. The normalized spacial score (nSPS) is 15.6. The van der Waals surface area contributed by atoms with Gasteiger partial charge in [0.25, 0.3) is 0 Å². The quantitative estimate of drug-likeness (QED) is 0.0717. The van der Waals surface area contributed by atoms with Gasteiger partial charge in [-0.2, -0.15) is 0 Å². The second-order valence-electron chi connectivity index (χ2n) is 14.0. The van der Waals surface area contributed by atoms with Crippen LogP contribution in [0.1, 0.15) is 5.56 Å². The largest absolute Gasteiger partial charge is 0.410 e. The number of nitrogens with one attached hydrogen (secondary N) is 2. The molecular weight excluding hydrogens is 737 g/mol. The number of allylic oxidation sites excluding steroid dienone is 8. The maximum Gasteiger partial charge on any atom is 0.159 e. The van der Waals surface area contributed by atoms with Crippen LogP contribution >= 0.6 is 0 Å². The van der Waals surface area contributed by atoms with E-state index in [0.717, 1.165) is 44.5 Å². The van der Waals surface area contributed by atoms with Crippen molar-refractivity contribution in [3.05, 3.63) is 187 Å². The summed E-state index contributed by atoms with van der Waals surface area (Å²) in [5.74, 6) is 0. The van der Waals surface area contributed by atoms with Crippen molar-refractivity contribution >= 4 is 66.9 Å². The highest BCUT2D eigenvalue weighted by Gasteiger charge is 2.33. The van der Waals surface area contributed by atoms with E-state index in [2.05, 4.69) is 104 Å². The molecule has 0 fully saturated rings. The molecule has 0 amide bonds. The van der Waals surface area contributed by atoms with Crippen LogP contribution in [0.5, 0.6) is 0 Å². The Hall–Kier alpha value is -8.44. The molecule has 11 nitrogen and oxygen atoms in total. The zero-order valence-electron chi connectivity index (χ0n) is 31.2. The van der Waals surface area contributed by atoms with Crippen molar-refractivity contribution in [2.45, 2.75) is 0 Å². The Balaban J connectivity index is 1.06. The minimum absolute atomic E-state index is 0.0225. The second-order valence-corrected chi connectivity index (χ2v) is 14.0. The Bertz CT molecular complexity index is 3210. The molecule has 0 unspecified atom stereocenters. The molecule has 8 aromatic rings. The highest BCUT2D eigenvalue weighted by Crippen LogP contribution is 2.40. The van der Waals surface area contributed by atoms with Crippen LogP contribution in [0.25, 0.3) is 66.4 Å². The van der Waals surface area contributed by atoms with Gasteiger partial charge in [-0.3, -0.25) is 10.8 Å². The van der Waals surface area contributed by atoms with Gasteiger partial charge in [0, 0.05) is 27.6 Å². The monoisotopic (exact) mass is 768 g/mol. The van der Waals surface area contributed by atoms with E-state index in [0.29, 0.717) is 22.3 Å². The SMILES string of the molecule is N=C1C(N(C2=CC=C(c3ccccc3)C(=N)/C2=N\O)c2ccc(-c3ccc(-c4ccc5c(c4)c4ccccc4n5-c4ccccc4)cc3)c3nonc23)=CC=C/C1=N/O. The number of rotatable bonds is 7. The van der Waals surface area contributed by atoms with E-state index in [1.807, 2.05) is 60.7 Å². The van der Waals surface area contributed by atoms with Gasteiger partial charge in [-0.05, 0) is 99.3 Å². The average molecular weight is 769 g/mol. The summed E-state index contributed by atoms with van der Waals surface area (Å²) in [4.78, 5) is 1.64. The first-order valence-electron chi connectivity index (χ1n) is 18.8. The van der Waals surface area contributed by atoms with E-state index in [9.17, 15) is 10.4 Å². The standard InChI is InChI=1S/C48H32N8O3/c49-44-34(30-10-3-1-4-11-30)23-26-42(47(44)52-58)56(41-17-9-15-38(51-57)45(41)50)43-27-24-35(46-48(43)54-59-53-46)31-20-18-29(19-21-31)32-22-25-40-37(28-32)36-14-7-8-16-39(36)55(40)33-12-5-2-6-13-33/h1-28,49-50,57-58H/b49-44?,50-45?,51-38-,52-47-. The molecule has 59 heavy (non-hydrogen) atoms. The number of hydrogen-bond donors (Lipinski definition) is 4. The van der Waals surface area contributed by atoms with Crippen LogP contribution in [-0.4, -0.2) is 48.1 Å². The van der Waals surface area contributed by atoms with Gasteiger partial charge < -0.3 is 19.9 Å². The number of anilines is 1. The molecule has 6 aromatic carbocycles. The van der Waals surface area contributed by atoms with Crippen LogP contribution in [0, 0.1) is 10.8 Å². The average Bonchev–Trinajstić information content (AvgIpc) is 3.92. The molecule has 0 aliphatic heterocycles. The van der Waals surface area contributed by atoms with Gasteiger partial charge in [-0.1, -0.05) is 113 Å². The Labute approximate surface area is 336 Å². The number of benzene rings is 6. The summed E-state index contributed by atoms with van der Waals surface area (Å²) >= 11 is 0. The molecule has 0 saturated carbocycles. The molecule has 2 aromatic heterocycles. The Morgan fingerprint density at radius 2 is 1.27 bits per heavy atom. The Morgan fingerprint density at radius 3 is 2.05 bits per heavy atom. The van der Waals surface area contributed by atoms with Gasteiger partial charge >= 0.3 is 0 Å². The maximum absolute atomic E-state index is 10.4. The van der Waals surface area contributed by atoms with E-state index in [1.165, 1.54) is 16.8 Å². The molecule has 282 valence electrons. The number of fused-ring (bicyclic) bond motifs is 4. The van der Waals surface area contributed by atoms with Gasteiger partial charge in [-0.15, -0.1) is 0 Å². The number of oxime groups is 2. The van der Waals surface area contributed by atoms with Gasteiger partial charge in [0.2, 0.25) is 0 Å². The first-order valence-corrected chi connectivity index (χ1v) is 18.8. The minimum Gasteiger partial charge on any atom is -0.410 e. The summed E-state index contributed by atoms with van der Waals surface area (Å²) in [6, 6.07) is 46.8. The second kappa shape index (κ2) is 14.3. The van der Waals surface area contributed by atoms with Crippen LogP contribution in [0.3, 0.4) is 0 Å². The van der Waals surface area contributed by atoms with E-state index in [4.69, 9.17) is 15.4 Å². The van der Waals surface area contributed by atoms with E-state index < -0.39 is 0 Å². The fraction of sp³-hybridized carbons (Fsp3) is 0. The topological polar surface area (TPSA) is 160 Å². The number of hydrogen-bond acceptors (Lipinski definition) is 10. The lowest BCUT2D eigenvalue weighted by Gasteiger charge is -2.32. The Kier molecular flexibility index (Phi) is 8.46. The molecule has 0 spiro atoms. The Morgan fingerprint density at radius 1 is 0.576 bits per heavy atom. The van der Waals surface area contributed by atoms with Crippen LogP contribution < -0.4 is 4.90 Å². The lowest BCUT2D eigenvalue weighted by molar-refractivity contribution is 0.315. The molecule has 0 atom stereocenters. The van der Waals surface area contributed by atoms with E-state index in [1.54, 1.807) is 29.2 Å². The number of para-hydroxylation sites is 2. The molecule has 11 heteroatoms. The van der Waals surface area contributed by atoms with Gasteiger partial charge in [0.05, 0.1) is 33.8 Å². The molecule has 10 rings (SSSR count). The van der Waals surface area contributed by atoms with Crippen molar-refractivity contribution in [1.29, 1.82) is 10.8 Å². The van der Waals surface area contributed by atoms with Crippen molar-refractivity contribution in [3.63, 3.8) is 0 Å². The molecule has 0 bridgehead atoms. The number of aromatic nitrogens is 3. The summed E-state index contributed by atoms with van der Waals surface area (Å²) in [6.07, 6.45) is 8.33. The summed E-state index contributed by atoms with van der Waals surface area (Å²) in [5.41, 5.74) is 10.2. The predicted molar refractivity (Wildman–Crippen MR) is 233 cm³/mol. The maximum atomic E-state index is 10.4. The summed E-state index contributed by atoms with van der Waals surface area (Å²) < 4.78 is 7.68. The summed E-state index contributed by atoms with van der Waals surface area (Å²) in [6.45, 7) is 0. The number of nitrogens with zero attached hydrogens (tertiary/aromatic N) is 6. The van der Waals surface area contributed by atoms with Crippen molar-refractivity contribution in [2.75, 3.05) is 4.90 Å². The lowest BCUT2D eigenvalue weighted by atomic mass is 9.90. The van der Waals surface area contributed by atoms with E-state index in [-0.39, 0.29) is 34.2 Å². The minimum atomic E-state index is -0.107. The fourth-order valence-electron chi connectivity index (χ4n) is 8.02. The third-order valence-corrected chi connectivity index (χ3v) is 10.8. The highest BCUT2D eigenvalue weighted by atomic mass is 16.6. The molecule has 2 aliphatic carbocycles. The van der Waals surface area contributed by atoms with Crippen molar-refractivity contribution in [3.8, 4) is 27.9 Å². The molecule has 0 saturated heterocycles. The fourth-order valence-corrected chi connectivity index (χ4v) is 8.02. The molecular formula is C48H32N8O3. The highest BCUT2D eigenvalue weighted by molar-refractivity contribution is 6.63. The molecule has 4 N–H and O–H groups in total. The molecule has 2 aliphatic rings. The smallest absolute Gasteiger partial charge is 0.159 e. The van der Waals surface area contributed by atoms with Crippen molar-refractivity contribution in [1.82, 2.24) is 14.9 Å². The van der Waals surface area contributed by atoms with Gasteiger partial charge in [0.1, 0.15) is 16.9 Å². The van der Waals surface area contributed by atoms with Gasteiger partial charge in [0.15, 0.2) is 11.2 Å². The van der Waals surface area contributed by atoms with Crippen LogP contribution in [0.15, 0.2) is 196 Å². The van der Waals surface area contributed by atoms with Crippen LogP contribution in [-0.2, 0) is 0 Å². The zero-order valence-corrected chi connectivity index (χ0v) is 31.2. The first kappa shape index (κ1) is 35.0. The van der Waals surface area contributed by atoms with Crippen molar-refractivity contribution in [2.24, 2.45) is 10.3 Å².